The zero-order chi connectivity index (χ0) is 19.4. The highest BCUT2D eigenvalue weighted by atomic mass is 32.1. The predicted octanol–water partition coefficient (Wildman–Crippen LogP) is 4.90. The van der Waals surface area contributed by atoms with E-state index in [1.807, 2.05) is 5.38 Å². The third-order valence-electron chi connectivity index (χ3n) is 4.58. The van der Waals surface area contributed by atoms with Crippen molar-refractivity contribution in [3.63, 3.8) is 0 Å². The van der Waals surface area contributed by atoms with Crippen molar-refractivity contribution in [3.05, 3.63) is 45.1 Å². The molecule has 146 valence electrons. The van der Waals surface area contributed by atoms with E-state index in [1.165, 1.54) is 22.9 Å². The van der Waals surface area contributed by atoms with Crippen LogP contribution in [0.25, 0.3) is 0 Å². The van der Waals surface area contributed by atoms with Crippen LogP contribution >= 0.6 is 11.3 Å². The fourth-order valence-electron chi connectivity index (χ4n) is 3.34. The Morgan fingerprint density at radius 3 is 2.78 bits per heavy atom. The number of alkyl halides is 2. The first kappa shape index (κ1) is 19.6. The summed E-state index contributed by atoms with van der Waals surface area (Å²) in [5.41, 5.74) is 2.78. The molecule has 2 aromatic rings. The van der Waals surface area contributed by atoms with Gasteiger partial charge < -0.3 is 14.4 Å². The van der Waals surface area contributed by atoms with E-state index in [-0.39, 0.29) is 17.4 Å². The molecule has 0 atom stereocenters. The number of carbonyl (C=O) groups excluding carboxylic acids is 1. The standard InChI is InChI=1S/C20H23F2NO3S/c1-3-25-17-10-13(8-9-16(17)26-20(21)22)11-23(2)19(24)15-12-27-18-7-5-4-6-14(15)18/h8-10,12,20H,3-7,11H2,1-2H3. The van der Waals surface area contributed by atoms with E-state index in [2.05, 4.69) is 4.74 Å². The van der Waals surface area contributed by atoms with Gasteiger partial charge in [-0.25, -0.2) is 0 Å². The first-order valence-corrected chi connectivity index (χ1v) is 9.92. The van der Waals surface area contributed by atoms with E-state index in [4.69, 9.17) is 4.74 Å². The molecule has 1 amide bonds. The Morgan fingerprint density at radius 1 is 1.26 bits per heavy atom. The van der Waals surface area contributed by atoms with Crippen molar-refractivity contribution in [3.8, 4) is 11.5 Å². The topological polar surface area (TPSA) is 38.8 Å². The van der Waals surface area contributed by atoms with E-state index < -0.39 is 6.61 Å². The van der Waals surface area contributed by atoms with Crippen LogP contribution in [0.15, 0.2) is 23.6 Å². The van der Waals surface area contributed by atoms with Crippen LogP contribution in [0, 0.1) is 0 Å². The Morgan fingerprint density at radius 2 is 2.04 bits per heavy atom. The Balaban J connectivity index is 1.75. The predicted molar refractivity (Wildman–Crippen MR) is 101 cm³/mol. The highest BCUT2D eigenvalue weighted by Gasteiger charge is 2.22. The minimum Gasteiger partial charge on any atom is -0.490 e. The van der Waals surface area contributed by atoms with E-state index >= 15 is 0 Å². The van der Waals surface area contributed by atoms with Crippen molar-refractivity contribution in [2.75, 3.05) is 13.7 Å². The molecule has 4 nitrogen and oxygen atoms in total. The van der Waals surface area contributed by atoms with Gasteiger partial charge in [0.2, 0.25) is 0 Å². The molecule has 1 aromatic carbocycles. The molecule has 1 aliphatic rings. The second-order valence-electron chi connectivity index (χ2n) is 6.51. The summed E-state index contributed by atoms with van der Waals surface area (Å²) < 4.78 is 34.9. The van der Waals surface area contributed by atoms with Gasteiger partial charge in [0.25, 0.3) is 5.91 Å². The van der Waals surface area contributed by atoms with E-state index in [9.17, 15) is 13.6 Å². The average Bonchev–Trinajstić information content (AvgIpc) is 3.07. The number of ether oxygens (including phenoxy) is 2. The lowest BCUT2D eigenvalue weighted by atomic mass is 9.95. The van der Waals surface area contributed by atoms with Crippen LogP contribution in [0.3, 0.4) is 0 Å². The maximum Gasteiger partial charge on any atom is 0.387 e. The van der Waals surface area contributed by atoms with Crippen LogP contribution in [0.1, 0.15) is 46.1 Å². The van der Waals surface area contributed by atoms with Crippen LogP contribution in [0.5, 0.6) is 11.5 Å². The first-order chi connectivity index (χ1) is 13.0. The fourth-order valence-corrected chi connectivity index (χ4v) is 4.46. The number of halogens is 2. The number of carbonyl (C=O) groups is 1. The molecule has 0 saturated heterocycles. The summed E-state index contributed by atoms with van der Waals surface area (Å²) in [7, 11) is 1.75. The Labute approximate surface area is 161 Å². The van der Waals surface area contributed by atoms with Gasteiger partial charge in [0.15, 0.2) is 11.5 Å². The number of hydrogen-bond donors (Lipinski definition) is 0. The summed E-state index contributed by atoms with van der Waals surface area (Å²) in [6.07, 6.45) is 4.32. The van der Waals surface area contributed by atoms with Gasteiger partial charge in [-0.15, -0.1) is 11.3 Å². The lowest BCUT2D eigenvalue weighted by Gasteiger charge is -2.20. The second kappa shape index (κ2) is 8.69. The quantitative estimate of drug-likeness (QED) is 0.669. The number of amides is 1. The van der Waals surface area contributed by atoms with Gasteiger partial charge in [-0.2, -0.15) is 8.78 Å². The number of nitrogens with zero attached hydrogens (tertiary/aromatic N) is 1. The third-order valence-corrected chi connectivity index (χ3v) is 5.67. The van der Waals surface area contributed by atoms with Gasteiger partial charge in [-0.3, -0.25) is 4.79 Å². The Kier molecular flexibility index (Phi) is 6.31. The molecule has 0 spiro atoms. The first-order valence-electron chi connectivity index (χ1n) is 9.04. The van der Waals surface area contributed by atoms with Gasteiger partial charge in [-0.1, -0.05) is 6.07 Å². The highest BCUT2D eigenvalue weighted by molar-refractivity contribution is 7.10. The van der Waals surface area contributed by atoms with Gasteiger partial charge in [0, 0.05) is 23.8 Å². The minimum absolute atomic E-state index is 0.00326. The number of hydrogen-bond acceptors (Lipinski definition) is 4. The molecule has 0 unspecified atom stereocenters. The molecule has 27 heavy (non-hydrogen) atoms. The number of thiophene rings is 1. The summed E-state index contributed by atoms with van der Waals surface area (Å²) in [5.74, 6) is 0.237. The largest absolute Gasteiger partial charge is 0.490 e. The third kappa shape index (κ3) is 4.58. The molecule has 0 bridgehead atoms. The summed E-state index contributed by atoms with van der Waals surface area (Å²) in [4.78, 5) is 15.9. The van der Waals surface area contributed by atoms with Crippen LogP contribution < -0.4 is 9.47 Å². The zero-order valence-electron chi connectivity index (χ0n) is 15.5. The van der Waals surface area contributed by atoms with Gasteiger partial charge >= 0.3 is 6.61 Å². The molecule has 0 N–H and O–H groups in total. The Bertz CT molecular complexity index is 807. The fraction of sp³-hybridized carbons (Fsp3) is 0.450. The molecule has 0 saturated carbocycles. The molecular weight excluding hydrogens is 372 g/mol. The lowest BCUT2D eigenvalue weighted by Crippen LogP contribution is -2.27. The molecule has 0 aliphatic heterocycles. The van der Waals surface area contributed by atoms with Crippen molar-refractivity contribution < 1.29 is 23.0 Å². The van der Waals surface area contributed by atoms with Crippen LogP contribution in [-0.2, 0) is 19.4 Å². The zero-order valence-corrected chi connectivity index (χ0v) is 16.3. The van der Waals surface area contributed by atoms with Crippen molar-refractivity contribution in [2.45, 2.75) is 45.8 Å². The van der Waals surface area contributed by atoms with Crippen molar-refractivity contribution >= 4 is 17.2 Å². The minimum atomic E-state index is -2.91. The molecule has 0 fully saturated rings. The van der Waals surface area contributed by atoms with Crippen LogP contribution in [0.2, 0.25) is 0 Å². The monoisotopic (exact) mass is 395 g/mol. The summed E-state index contributed by atoms with van der Waals surface area (Å²) >= 11 is 1.67. The average molecular weight is 395 g/mol. The smallest absolute Gasteiger partial charge is 0.387 e. The van der Waals surface area contributed by atoms with Crippen molar-refractivity contribution in [1.29, 1.82) is 0 Å². The van der Waals surface area contributed by atoms with Crippen LogP contribution in [-0.4, -0.2) is 31.1 Å². The van der Waals surface area contributed by atoms with Gasteiger partial charge in [-0.05, 0) is 55.9 Å². The Hall–Kier alpha value is -2.15. The van der Waals surface area contributed by atoms with Crippen LogP contribution in [0.4, 0.5) is 8.78 Å². The summed E-state index contributed by atoms with van der Waals surface area (Å²) in [6.45, 7) is -0.449. The molecular formula is C20H23F2NO3S. The summed E-state index contributed by atoms with van der Waals surface area (Å²) in [6, 6.07) is 4.78. The normalized spacial score (nSPS) is 13.4. The van der Waals surface area contributed by atoms with Crippen molar-refractivity contribution in [1.82, 2.24) is 4.90 Å². The summed E-state index contributed by atoms with van der Waals surface area (Å²) in [5, 5.41) is 1.96. The number of fused-ring (bicyclic) bond motifs is 1. The molecule has 0 radical (unpaired) electrons. The van der Waals surface area contributed by atoms with E-state index in [0.29, 0.717) is 13.2 Å². The maximum absolute atomic E-state index is 12.9. The van der Waals surface area contributed by atoms with E-state index in [1.54, 1.807) is 42.3 Å². The molecule has 1 aromatic heterocycles. The molecule has 1 heterocycles. The lowest BCUT2D eigenvalue weighted by molar-refractivity contribution is -0.0514. The number of rotatable bonds is 7. The molecule has 3 rings (SSSR count). The van der Waals surface area contributed by atoms with Gasteiger partial charge in [0.05, 0.1) is 12.2 Å². The van der Waals surface area contributed by atoms with Gasteiger partial charge in [0.1, 0.15) is 0 Å². The van der Waals surface area contributed by atoms with Crippen molar-refractivity contribution in [2.24, 2.45) is 0 Å². The molecule has 7 heteroatoms. The van der Waals surface area contributed by atoms with E-state index in [0.717, 1.165) is 30.4 Å². The SMILES string of the molecule is CCOc1cc(CN(C)C(=O)c2csc3c2CCCC3)ccc1OC(F)F. The maximum atomic E-state index is 12.9. The number of benzene rings is 1. The second-order valence-corrected chi connectivity index (χ2v) is 7.48. The number of aryl methyl sites for hydroxylation is 1. The molecule has 1 aliphatic carbocycles. The highest BCUT2D eigenvalue weighted by Crippen LogP contribution is 2.32.